The van der Waals surface area contributed by atoms with Crippen LogP contribution in [0.25, 0.3) is 11.0 Å². The van der Waals surface area contributed by atoms with Gasteiger partial charge < -0.3 is 10.2 Å². The first-order valence-electron chi connectivity index (χ1n) is 5.09. The van der Waals surface area contributed by atoms with Crippen molar-refractivity contribution in [1.82, 2.24) is 0 Å². The molecule has 14 heavy (non-hydrogen) atoms. The number of fused-ring (bicyclic) bond motifs is 3. The Bertz CT molecular complexity index is 472. The zero-order valence-corrected chi connectivity index (χ0v) is 7.99. The number of hydrogen-bond donors (Lipinski definition) is 1. The van der Waals surface area contributed by atoms with Gasteiger partial charge in [-0.2, -0.15) is 0 Å². The molecule has 2 aromatic rings. The largest absolute Gasteiger partial charge is 0.461 e. The van der Waals surface area contributed by atoms with Crippen LogP contribution in [-0.2, 0) is 12.8 Å². The molecule has 0 saturated carbocycles. The Kier molecular flexibility index (Phi) is 1.64. The zero-order chi connectivity index (χ0) is 9.54. The number of rotatable bonds is 0. The summed E-state index contributed by atoms with van der Waals surface area (Å²) >= 11 is 0. The van der Waals surface area contributed by atoms with Gasteiger partial charge in [-0.1, -0.05) is 18.2 Å². The molecule has 3 rings (SSSR count). The van der Waals surface area contributed by atoms with Crippen molar-refractivity contribution in [1.29, 1.82) is 0 Å². The molecule has 1 heterocycles. The van der Waals surface area contributed by atoms with Crippen molar-refractivity contribution in [3.63, 3.8) is 0 Å². The van der Waals surface area contributed by atoms with E-state index >= 15 is 0 Å². The lowest BCUT2D eigenvalue weighted by atomic mass is 9.93. The standard InChI is InChI=1S/C12H13NO/c13-8-5-6-10-9-3-1-2-4-11(9)14-12(10)7-8/h1-4,8H,5-7,13H2. The number of nitrogens with two attached hydrogens (primary N) is 1. The van der Waals surface area contributed by atoms with Gasteiger partial charge in [-0.15, -0.1) is 0 Å². The Morgan fingerprint density at radius 3 is 3.07 bits per heavy atom. The highest BCUT2D eigenvalue weighted by Gasteiger charge is 2.21. The molecule has 0 fully saturated rings. The monoisotopic (exact) mass is 187 g/mol. The third kappa shape index (κ3) is 1.07. The summed E-state index contributed by atoms with van der Waals surface area (Å²) in [6.07, 6.45) is 3.04. The van der Waals surface area contributed by atoms with Gasteiger partial charge in [0, 0.05) is 23.4 Å². The maximum absolute atomic E-state index is 5.91. The summed E-state index contributed by atoms with van der Waals surface area (Å²) in [5, 5.41) is 1.27. The third-order valence-electron chi connectivity index (χ3n) is 2.99. The molecule has 0 radical (unpaired) electrons. The van der Waals surface area contributed by atoms with E-state index in [9.17, 15) is 0 Å². The minimum absolute atomic E-state index is 0.281. The summed E-state index contributed by atoms with van der Waals surface area (Å²) < 4.78 is 5.78. The first-order chi connectivity index (χ1) is 6.84. The second kappa shape index (κ2) is 2.85. The lowest BCUT2D eigenvalue weighted by Crippen LogP contribution is -2.27. The van der Waals surface area contributed by atoms with Gasteiger partial charge in [-0.25, -0.2) is 0 Å². The summed E-state index contributed by atoms with van der Waals surface area (Å²) in [4.78, 5) is 0. The Hall–Kier alpha value is -1.28. The Balaban J connectivity index is 2.24. The van der Waals surface area contributed by atoms with Crippen LogP contribution in [0, 0.1) is 0 Å². The summed E-state index contributed by atoms with van der Waals surface area (Å²) in [6.45, 7) is 0. The number of furan rings is 1. The van der Waals surface area contributed by atoms with Crippen molar-refractivity contribution in [2.24, 2.45) is 5.73 Å². The number of hydrogen-bond acceptors (Lipinski definition) is 2. The molecule has 0 amide bonds. The van der Waals surface area contributed by atoms with Crippen LogP contribution in [0.2, 0.25) is 0 Å². The third-order valence-corrected chi connectivity index (χ3v) is 2.99. The van der Waals surface area contributed by atoms with E-state index in [1.165, 1.54) is 10.9 Å². The van der Waals surface area contributed by atoms with Crippen LogP contribution >= 0.6 is 0 Å². The molecule has 2 N–H and O–H groups in total. The van der Waals surface area contributed by atoms with Crippen LogP contribution in [0.5, 0.6) is 0 Å². The van der Waals surface area contributed by atoms with Gasteiger partial charge in [0.25, 0.3) is 0 Å². The second-order valence-electron chi connectivity index (χ2n) is 4.00. The van der Waals surface area contributed by atoms with Crippen molar-refractivity contribution >= 4 is 11.0 Å². The molecule has 1 aromatic heterocycles. The first-order valence-corrected chi connectivity index (χ1v) is 5.09. The van der Waals surface area contributed by atoms with Gasteiger partial charge in [0.1, 0.15) is 11.3 Å². The van der Waals surface area contributed by atoms with E-state index in [0.29, 0.717) is 0 Å². The van der Waals surface area contributed by atoms with Crippen molar-refractivity contribution in [2.45, 2.75) is 25.3 Å². The van der Waals surface area contributed by atoms with Crippen molar-refractivity contribution in [3.8, 4) is 0 Å². The molecule has 0 spiro atoms. The predicted molar refractivity (Wildman–Crippen MR) is 56.2 cm³/mol. The average Bonchev–Trinajstić information content (AvgIpc) is 2.54. The molecule has 1 aliphatic carbocycles. The highest BCUT2D eigenvalue weighted by atomic mass is 16.3. The molecular weight excluding hydrogens is 174 g/mol. The normalized spacial score (nSPS) is 21.1. The molecule has 2 nitrogen and oxygen atoms in total. The van der Waals surface area contributed by atoms with Crippen LogP contribution in [-0.4, -0.2) is 6.04 Å². The molecule has 0 saturated heterocycles. The molecule has 1 atom stereocenters. The van der Waals surface area contributed by atoms with Crippen LogP contribution in [0.15, 0.2) is 28.7 Å². The number of benzene rings is 1. The van der Waals surface area contributed by atoms with E-state index in [1.54, 1.807) is 0 Å². The van der Waals surface area contributed by atoms with E-state index in [4.69, 9.17) is 10.2 Å². The van der Waals surface area contributed by atoms with Crippen molar-refractivity contribution < 1.29 is 4.42 Å². The van der Waals surface area contributed by atoms with E-state index in [2.05, 4.69) is 12.1 Å². The van der Waals surface area contributed by atoms with Crippen LogP contribution < -0.4 is 5.73 Å². The maximum Gasteiger partial charge on any atom is 0.134 e. The summed E-state index contributed by atoms with van der Waals surface area (Å²) in [5.74, 6) is 1.10. The lowest BCUT2D eigenvalue weighted by Gasteiger charge is -2.16. The van der Waals surface area contributed by atoms with Crippen molar-refractivity contribution in [2.75, 3.05) is 0 Å². The average molecular weight is 187 g/mol. The van der Waals surface area contributed by atoms with Crippen LogP contribution in [0.3, 0.4) is 0 Å². The molecule has 0 bridgehead atoms. The maximum atomic E-state index is 5.91. The lowest BCUT2D eigenvalue weighted by molar-refractivity contribution is 0.469. The summed E-state index contributed by atoms with van der Waals surface area (Å²) in [5.41, 5.74) is 8.29. The Morgan fingerprint density at radius 1 is 1.29 bits per heavy atom. The number of para-hydroxylation sites is 1. The van der Waals surface area contributed by atoms with E-state index in [1.807, 2.05) is 12.1 Å². The fourth-order valence-corrected chi connectivity index (χ4v) is 2.26. The molecule has 2 heteroatoms. The van der Waals surface area contributed by atoms with Crippen LogP contribution in [0.4, 0.5) is 0 Å². The fraction of sp³-hybridized carbons (Fsp3) is 0.333. The Morgan fingerprint density at radius 2 is 2.14 bits per heavy atom. The van der Waals surface area contributed by atoms with Gasteiger partial charge in [-0.3, -0.25) is 0 Å². The smallest absolute Gasteiger partial charge is 0.134 e. The van der Waals surface area contributed by atoms with Gasteiger partial charge in [0.15, 0.2) is 0 Å². The SMILES string of the molecule is NC1CCc2c(oc3ccccc23)C1. The van der Waals surface area contributed by atoms with E-state index in [0.717, 1.165) is 30.6 Å². The highest BCUT2D eigenvalue weighted by Crippen LogP contribution is 2.31. The zero-order valence-electron chi connectivity index (χ0n) is 7.99. The molecule has 1 aromatic carbocycles. The van der Waals surface area contributed by atoms with Gasteiger partial charge >= 0.3 is 0 Å². The first kappa shape index (κ1) is 8.06. The molecule has 1 unspecified atom stereocenters. The minimum atomic E-state index is 0.281. The molecular formula is C12H13NO. The second-order valence-corrected chi connectivity index (χ2v) is 4.00. The van der Waals surface area contributed by atoms with Gasteiger partial charge in [-0.05, 0) is 18.9 Å². The quantitative estimate of drug-likeness (QED) is 0.687. The molecule has 1 aliphatic rings. The van der Waals surface area contributed by atoms with Crippen molar-refractivity contribution in [3.05, 3.63) is 35.6 Å². The summed E-state index contributed by atoms with van der Waals surface area (Å²) in [7, 11) is 0. The van der Waals surface area contributed by atoms with E-state index < -0.39 is 0 Å². The molecule has 72 valence electrons. The predicted octanol–water partition coefficient (Wildman–Crippen LogP) is 2.25. The Labute approximate surface area is 82.7 Å². The minimum Gasteiger partial charge on any atom is -0.461 e. The number of aryl methyl sites for hydroxylation is 1. The summed E-state index contributed by atoms with van der Waals surface area (Å²) in [6, 6.07) is 8.51. The van der Waals surface area contributed by atoms with Gasteiger partial charge in [0.2, 0.25) is 0 Å². The fourth-order valence-electron chi connectivity index (χ4n) is 2.26. The highest BCUT2D eigenvalue weighted by molar-refractivity contribution is 5.82. The van der Waals surface area contributed by atoms with E-state index in [-0.39, 0.29) is 6.04 Å². The van der Waals surface area contributed by atoms with Gasteiger partial charge in [0.05, 0.1) is 0 Å². The molecule has 0 aliphatic heterocycles. The topological polar surface area (TPSA) is 39.2 Å². The van der Waals surface area contributed by atoms with Crippen LogP contribution in [0.1, 0.15) is 17.7 Å².